The van der Waals surface area contributed by atoms with Gasteiger partial charge in [0.2, 0.25) is 0 Å². The monoisotopic (exact) mass is 305 g/mol. The van der Waals surface area contributed by atoms with Crippen molar-refractivity contribution in [1.29, 1.82) is 0 Å². The summed E-state index contributed by atoms with van der Waals surface area (Å²) in [7, 11) is 0. The third-order valence-electron chi connectivity index (χ3n) is 3.08. The van der Waals surface area contributed by atoms with Crippen LogP contribution in [0, 0.1) is 18.8 Å². The van der Waals surface area contributed by atoms with Gasteiger partial charge < -0.3 is 10.4 Å². The van der Waals surface area contributed by atoms with E-state index in [4.69, 9.17) is 5.11 Å². The number of rotatable bonds is 6. The molecular weight excluding hydrogens is 282 g/mol. The minimum atomic E-state index is -0.0794. The zero-order valence-electron chi connectivity index (χ0n) is 12.9. The van der Waals surface area contributed by atoms with Gasteiger partial charge in [-0.25, -0.2) is 0 Å². The van der Waals surface area contributed by atoms with Crippen molar-refractivity contribution in [3.05, 3.63) is 34.9 Å². The van der Waals surface area contributed by atoms with E-state index in [2.05, 4.69) is 24.1 Å². The molecule has 0 bridgehead atoms. The molecule has 0 aromatic heterocycles. The van der Waals surface area contributed by atoms with Crippen LogP contribution in [-0.2, 0) is 0 Å². The molecule has 0 spiro atoms. The Labute approximate surface area is 131 Å². The summed E-state index contributed by atoms with van der Waals surface area (Å²) in [5.41, 5.74) is 2.39. The van der Waals surface area contributed by atoms with E-state index >= 15 is 0 Å². The van der Waals surface area contributed by atoms with E-state index in [9.17, 15) is 4.79 Å². The average molecular weight is 305 g/mol. The highest BCUT2D eigenvalue weighted by atomic mass is 32.2. The summed E-state index contributed by atoms with van der Waals surface area (Å²) in [6.45, 7) is 4.08. The molecule has 0 saturated carbocycles. The second-order valence-corrected chi connectivity index (χ2v) is 5.77. The van der Waals surface area contributed by atoms with E-state index in [0.717, 1.165) is 23.3 Å². The van der Waals surface area contributed by atoms with Crippen LogP contribution in [-0.4, -0.2) is 35.7 Å². The number of aliphatic hydroxyl groups excluding tert-OH is 1. The van der Waals surface area contributed by atoms with Crippen LogP contribution < -0.4 is 5.32 Å². The first-order valence-electron chi connectivity index (χ1n) is 7.12. The van der Waals surface area contributed by atoms with E-state index in [0.29, 0.717) is 12.0 Å². The van der Waals surface area contributed by atoms with E-state index < -0.39 is 0 Å². The molecule has 1 unspecified atom stereocenters. The number of benzene rings is 1. The molecule has 4 heteroatoms. The van der Waals surface area contributed by atoms with Crippen molar-refractivity contribution in [2.75, 3.05) is 18.6 Å². The molecule has 114 valence electrons. The smallest absolute Gasteiger partial charge is 0.252 e. The standard InChI is InChI=1S/C17H23NO2S/c1-4-15(12-21-3)18-17(20)16-9-8-13(2)11-14(16)7-5-6-10-19/h8-9,11,15,19H,4,6,10,12H2,1-3H3,(H,18,20). The van der Waals surface area contributed by atoms with Crippen molar-refractivity contribution in [2.24, 2.45) is 0 Å². The minimum Gasteiger partial charge on any atom is -0.395 e. The van der Waals surface area contributed by atoms with Gasteiger partial charge in [0.1, 0.15) is 0 Å². The van der Waals surface area contributed by atoms with Crippen molar-refractivity contribution in [3.63, 3.8) is 0 Å². The van der Waals surface area contributed by atoms with Crippen molar-refractivity contribution in [3.8, 4) is 11.8 Å². The number of hydrogen-bond acceptors (Lipinski definition) is 3. The predicted octanol–water partition coefficient (Wildman–Crippen LogP) is 2.60. The predicted molar refractivity (Wildman–Crippen MR) is 89.7 cm³/mol. The largest absolute Gasteiger partial charge is 0.395 e. The highest BCUT2D eigenvalue weighted by molar-refractivity contribution is 7.98. The molecule has 1 amide bonds. The van der Waals surface area contributed by atoms with Gasteiger partial charge in [0, 0.05) is 23.8 Å². The molecule has 0 fully saturated rings. The fraction of sp³-hybridized carbons (Fsp3) is 0.471. The van der Waals surface area contributed by atoms with Crippen LogP contribution in [0.4, 0.5) is 0 Å². The lowest BCUT2D eigenvalue weighted by molar-refractivity contribution is 0.0940. The first kappa shape index (κ1) is 17.6. The van der Waals surface area contributed by atoms with Crippen LogP contribution in [0.2, 0.25) is 0 Å². The van der Waals surface area contributed by atoms with Gasteiger partial charge in [-0.1, -0.05) is 24.8 Å². The zero-order chi connectivity index (χ0) is 15.7. The quantitative estimate of drug-likeness (QED) is 0.794. The Morgan fingerprint density at radius 3 is 2.86 bits per heavy atom. The van der Waals surface area contributed by atoms with Gasteiger partial charge in [-0.15, -0.1) is 0 Å². The van der Waals surface area contributed by atoms with Gasteiger partial charge in [0.05, 0.1) is 12.2 Å². The van der Waals surface area contributed by atoms with Crippen LogP contribution in [0.25, 0.3) is 0 Å². The fourth-order valence-corrected chi connectivity index (χ4v) is 2.62. The first-order valence-corrected chi connectivity index (χ1v) is 8.51. The van der Waals surface area contributed by atoms with Gasteiger partial charge in [0.25, 0.3) is 5.91 Å². The summed E-state index contributed by atoms with van der Waals surface area (Å²) in [4.78, 5) is 12.4. The molecule has 1 aromatic rings. The molecule has 1 atom stereocenters. The lowest BCUT2D eigenvalue weighted by atomic mass is 10.0. The number of carbonyl (C=O) groups excluding carboxylic acids is 1. The SMILES string of the molecule is CCC(CSC)NC(=O)c1ccc(C)cc1C#CCCO. The van der Waals surface area contributed by atoms with Crippen molar-refractivity contribution in [2.45, 2.75) is 32.7 Å². The summed E-state index contributed by atoms with van der Waals surface area (Å²) in [5, 5.41) is 11.9. The van der Waals surface area contributed by atoms with E-state index in [1.54, 1.807) is 11.8 Å². The normalized spacial score (nSPS) is 11.4. The van der Waals surface area contributed by atoms with Crippen molar-refractivity contribution < 1.29 is 9.90 Å². The van der Waals surface area contributed by atoms with E-state index in [1.165, 1.54) is 0 Å². The fourth-order valence-electron chi connectivity index (χ4n) is 1.90. The number of hydrogen-bond donors (Lipinski definition) is 2. The van der Waals surface area contributed by atoms with Crippen molar-refractivity contribution in [1.82, 2.24) is 5.32 Å². The van der Waals surface area contributed by atoms with Crippen LogP contribution in [0.5, 0.6) is 0 Å². The summed E-state index contributed by atoms with van der Waals surface area (Å²) < 4.78 is 0. The highest BCUT2D eigenvalue weighted by Gasteiger charge is 2.14. The van der Waals surface area contributed by atoms with Gasteiger partial charge >= 0.3 is 0 Å². The molecule has 0 aliphatic carbocycles. The number of thioether (sulfide) groups is 1. The number of aryl methyl sites for hydroxylation is 1. The lowest BCUT2D eigenvalue weighted by Crippen LogP contribution is -2.36. The summed E-state index contributed by atoms with van der Waals surface area (Å²) >= 11 is 1.72. The molecule has 0 heterocycles. The average Bonchev–Trinajstić information content (AvgIpc) is 2.47. The van der Waals surface area contributed by atoms with Crippen LogP contribution in [0.1, 0.15) is 41.3 Å². The van der Waals surface area contributed by atoms with Crippen molar-refractivity contribution >= 4 is 17.7 Å². The maximum atomic E-state index is 12.4. The van der Waals surface area contributed by atoms with Crippen LogP contribution >= 0.6 is 11.8 Å². The number of nitrogens with one attached hydrogen (secondary N) is 1. The van der Waals surface area contributed by atoms with Gasteiger partial charge in [-0.3, -0.25) is 4.79 Å². The number of carbonyl (C=O) groups is 1. The second kappa shape index (κ2) is 9.49. The Kier molecular flexibility index (Phi) is 7.96. The summed E-state index contributed by atoms with van der Waals surface area (Å²) in [5.74, 6) is 6.69. The Hall–Kier alpha value is -1.44. The van der Waals surface area contributed by atoms with Gasteiger partial charge in [-0.2, -0.15) is 11.8 Å². The van der Waals surface area contributed by atoms with E-state index in [-0.39, 0.29) is 18.6 Å². The van der Waals surface area contributed by atoms with Gasteiger partial charge in [0.15, 0.2) is 0 Å². The third-order valence-corrected chi connectivity index (χ3v) is 3.81. The summed E-state index contributed by atoms with van der Waals surface area (Å²) in [6, 6.07) is 5.82. The molecule has 0 radical (unpaired) electrons. The molecular formula is C17H23NO2S. The topological polar surface area (TPSA) is 49.3 Å². The maximum absolute atomic E-state index is 12.4. The molecule has 3 nitrogen and oxygen atoms in total. The number of aliphatic hydroxyl groups is 1. The lowest BCUT2D eigenvalue weighted by Gasteiger charge is -2.16. The molecule has 0 aliphatic rings. The van der Waals surface area contributed by atoms with Gasteiger partial charge in [-0.05, 0) is 37.3 Å². The number of amides is 1. The minimum absolute atomic E-state index is 0.0337. The first-order chi connectivity index (χ1) is 10.1. The summed E-state index contributed by atoms with van der Waals surface area (Å²) in [6.07, 6.45) is 3.36. The Balaban J connectivity index is 2.95. The maximum Gasteiger partial charge on any atom is 0.252 e. The molecule has 0 saturated heterocycles. The Bertz CT molecular complexity index is 531. The highest BCUT2D eigenvalue weighted by Crippen LogP contribution is 2.12. The van der Waals surface area contributed by atoms with Crippen LogP contribution in [0.3, 0.4) is 0 Å². The Morgan fingerprint density at radius 2 is 2.24 bits per heavy atom. The molecule has 21 heavy (non-hydrogen) atoms. The second-order valence-electron chi connectivity index (χ2n) is 4.86. The molecule has 0 aliphatic heterocycles. The van der Waals surface area contributed by atoms with E-state index in [1.807, 2.05) is 31.4 Å². The van der Waals surface area contributed by atoms with Crippen LogP contribution in [0.15, 0.2) is 18.2 Å². The third kappa shape index (κ3) is 5.82. The molecule has 2 N–H and O–H groups in total. The Morgan fingerprint density at radius 1 is 1.48 bits per heavy atom. The molecule has 1 rings (SSSR count). The zero-order valence-corrected chi connectivity index (χ0v) is 13.7. The molecule has 1 aromatic carbocycles.